The summed E-state index contributed by atoms with van der Waals surface area (Å²) in [6, 6.07) is 12.5. The minimum atomic E-state index is -0.940. The molecule has 21 heavy (non-hydrogen) atoms. The lowest BCUT2D eigenvalue weighted by Gasteiger charge is -2.09. The Morgan fingerprint density at radius 1 is 1.10 bits per heavy atom. The zero-order valence-electron chi connectivity index (χ0n) is 11.4. The number of fused-ring (bicyclic) bond motifs is 1. The number of nitrogens with one attached hydrogen (secondary N) is 1. The van der Waals surface area contributed by atoms with E-state index in [2.05, 4.69) is 15.3 Å². The largest absolute Gasteiger partial charge is 0.478 e. The smallest absolute Gasteiger partial charge is 0.335 e. The monoisotopic (exact) mass is 279 g/mol. The van der Waals surface area contributed by atoms with Gasteiger partial charge in [0.1, 0.15) is 12.1 Å². The number of carboxylic acids is 1. The molecule has 0 saturated heterocycles. The SMILES string of the molecule is Cc1ccc2ncnc(Nc3ccc(C(=O)O)cc3)c2c1. The van der Waals surface area contributed by atoms with Crippen LogP contribution in [-0.4, -0.2) is 21.0 Å². The van der Waals surface area contributed by atoms with Gasteiger partial charge in [0, 0.05) is 11.1 Å². The van der Waals surface area contributed by atoms with Crippen LogP contribution in [0.3, 0.4) is 0 Å². The molecule has 104 valence electrons. The Hall–Kier alpha value is -2.95. The van der Waals surface area contributed by atoms with Crippen LogP contribution in [-0.2, 0) is 0 Å². The topological polar surface area (TPSA) is 75.1 Å². The van der Waals surface area contributed by atoms with Crippen molar-refractivity contribution in [3.8, 4) is 0 Å². The third kappa shape index (κ3) is 2.67. The van der Waals surface area contributed by atoms with Gasteiger partial charge in [-0.2, -0.15) is 0 Å². The Labute approximate surface area is 121 Å². The highest BCUT2D eigenvalue weighted by Gasteiger charge is 2.06. The van der Waals surface area contributed by atoms with Gasteiger partial charge >= 0.3 is 5.97 Å². The van der Waals surface area contributed by atoms with Crippen molar-refractivity contribution in [1.29, 1.82) is 0 Å². The van der Waals surface area contributed by atoms with Crippen molar-refractivity contribution in [2.24, 2.45) is 0 Å². The Morgan fingerprint density at radius 2 is 1.86 bits per heavy atom. The number of hydrogen-bond acceptors (Lipinski definition) is 4. The molecule has 1 aromatic heterocycles. The molecular formula is C16H13N3O2. The van der Waals surface area contributed by atoms with E-state index in [-0.39, 0.29) is 5.56 Å². The van der Waals surface area contributed by atoms with Crippen molar-refractivity contribution in [3.05, 3.63) is 59.9 Å². The molecule has 0 aliphatic heterocycles. The molecule has 3 rings (SSSR count). The number of aromatic nitrogens is 2. The molecule has 0 radical (unpaired) electrons. The van der Waals surface area contributed by atoms with Crippen LogP contribution >= 0.6 is 0 Å². The first-order chi connectivity index (χ1) is 10.1. The van der Waals surface area contributed by atoms with Crippen molar-refractivity contribution in [2.45, 2.75) is 6.92 Å². The molecule has 0 spiro atoms. The second kappa shape index (κ2) is 5.20. The van der Waals surface area contributed by atoms with Crippen molar-refractivity contribution in [1.82, 2.24) is 9.97 Å². The van der Waals surface area contributed by atoms with E-state index in [0.717, 1.165) is 22.2 Å². The second-order valence-electron chi connectivity index (χ2n) is 4.75. The van der Waals surface area contributed by atoms with Gasteiger partial charge in [0.05, 0.1) is 11.1 Å². The first-order valence-electron chi connectivity index (χ1n) is 6.45. The van der Waals surface area contributed by atoms with Crippen LogP contribution in [0.25, 0.3) is 10.9 Å². The number of anilines is 2. The lowest BCUT2D eigenvalue weighted by Crippen LogP contribution is -1.98. The summed E-state index contributed by atoms with van der Waals surface area (Å²) in [7, 11) is 0. The van der Waals surface area contributed by atoms with Crippen LogP contribution in [0.5, 0.6) is 0 Å². The molecule has 0 aliphatic carbocycles. The van der Waals surface area contributed by atoms with Crippen molar-refractivity contribution in [2.75, 3.05) is 5.32 Å². The fraction of sp³-hybridized carbons (Fsp3) is 0.0625. The third-order valence-electron chi connectivity index (χ3n) is 3.19. The molecule has 0 aliphatic rings. The molecule has 0 atom stereocenters. The molecule has 3 aromatic rings. The summed E-state index contributed by atoms with van der Waals surface area (Å²) in [6.07, 6.45) is 1.51. The molecule has 5 nitrogen and oxygen atoms in total. The van der Waals surface area contributed by atoms with Crippen LogP contribution in [0.2, 0.25) is 0 Å². The zero-order valence-corrected chi connectivity index (χ0v) is 11.4. The Balaban J connectivity index is 1.97. The van der Waals surface area contributed by atoms with E-state index in [1.54, 1.807) is 24.3 Å². The van der Waals surface area contributed by atoms with Gasteiger partial charge in [0.25, 0.3) is 0 Å². The van der Waals surface area contributed by atoms with E-state index < -0.39 is 5.97 Å². The maximum absolute atomic E-state index is 10.8. The van der Waals surface area contributed by atoms with Crippen LogP contribution in [0.15, 0.2) is 48.8 Å². The maximum Gasteiger partial charge on any atom is 0.335 e. The summed E-state index contributed by atoms with van der Waals surface area (Å²) in [5.41, 5.74) is 3.02. The van der Waals surface area contributed by atoms with E-state index in [0.29, 0.717) is 5.82 Å². The number of nitrogens with zero attached hydrogens (tertiary/aromatic N) is 2. The molecule has 0 unspecified atom stereocenters. The first-order valence-corrected chi connectivity index (χ1v) is 6.45. The van der Waals surface area contributed by atoms with Gasteiger partial charge in [-0.1, -0.05) is 11.6 Å². The second-order valence-corrected chi connectivity index (χ2v) is 4.75. The van der Waals surface area contributed by atoms with E-state index in [1.165, 1.54) is 6.33 Å². The van der Waals surface area contributed by atoms with Gasteiger partial charge in [-0.05, 0) is 43.3 Å². The van der Waals surface area contributed by atoms with Gasteiger partial charge in [-0.3, -0.25) is 0 Å². The van der Waals surface area contributed by atoms with E-state index in [9.17, 15) is 4.79 Å². The number of carboxylic acid groups (broad SMARTS) is 1. The zero-order chi connectivity index (χ0) is 14.8. The standard InChI is InChI=1S/C16H13N3O2/c1-10-2-7-14-13(8-10)15(18-9-17-14)19-12-5-3-11(4-6-12)16(20)21/h2-9H,1H3,(H,20,21)(H,17,18,19). The maximum atomic E-state index is 10.8. The van der Waals surface area contributed by atoms with E-state index in [4.69, 9.17) is 5.11 Å². The van der Waals surface area contributed by atoms with Crippen LogP contribution in [0.1, 0.15) is 15.9 Å². The van der Waals surface area contributed by atoms with Gasteiger partial charge < -0.3 is 10.4 Å². The normalized spacial score (nSPS) is 10.5. The molecule has 2 N–H and O–H groups in total. The summed E-state index contributed by atoms with van der Waals surface area (Å²) in [4.78, 5) is 19.3. The van der Waals surface area contributed by atoms with Crippen LogP contribution in [0, 0.1) is 6.92 Å². The summed E-state index contributed by atoms with van der Waals surface area (Å²) < 4.78 is 0. The van der Waals surface area contributed by atoms with Gasteiger partial charge in [-0.15, -0.1) is 0 Å². The average molecular weight is 279 g/mol. The highest BCUT2D eigenvalue weighted by molar-refractivity contribution is 5.91. The molecule has 2 aromatic carbocycles. The molecular weight excluding hydrogens is 266 g/mol. The average Bonchev–Trinajstić information content (AvgIpc) is 2.48. The van der Waals surface area contributed by atoms with Gasteiger partial charge in [-0.25, -0.2) is 14.8 Å². The predicted octanol–water partition coefficient (Wildman–Crippen LogP) is 3.38. The molecule has 1 heterocycles. The first kappa shape index (κ1) is 13.1. The summed E-state index contributed by atoms with van der Waals surface area (Å²) in [5, 5.41) is 13.0. The van der Waals surface area contributed by atoms with Crippen LogP contribution in [0.4, 0.5) is 11.5 Å². The Morgan fingerprint density at radius 3 is 2.57 bits per heavy atom. The number of aromatic carboxylic acids is 1. The molecule has 5 heteroatoms. The predicted molar refractivity (Wildman–Crippen MR) is 81.0 cm³/mol. The summed E-state index contributed by atoms with van der Waals surface area (Å²) >= 11 is 0. The fourth-order valence-electron chi connectivity index (χ4n) is 2.10. The van der Waals surface area contributed by atoms with Crippen molar-refractivity contribution < 1.29 is 9.90 Å². The molecule has 0 saturated carbocycles. The molecule has 0 bridgehead atoms. The van der Waals surface area contributed by atoms with Crippen molar-refractivity contribution in [3.63, 3.8) is 0 Å². The van der Waals surface area contributed by atoms with E-state index >= 15 is 0 Å². The third-order valence-corrected chi connectivity index (χ3v) is 3.19. The minimum Gasteiger partial charge on any atom is -0.478 e. The van der Waals surface area contributed by atoms with Crippen molar-refractivity contribution >= 4 is 28.4 Å². The highest BCUT2D eigenvalue weighted by atomic mass is 16.4. The van der Waals surface area contributed by atoms with Crippen LogP contribution < -0.4 is 5.32 Å². The number of benzene rings is 2. The number of aryl methyl sites for hydroxylation is 1. The molecule has 0 fully saturated rings. The molecule has 0 amide bonds. The highest BCUT2D eigenvalue weighted by Crippen LogP contribution is 2.24. The lowest BCUT2D eigenvalue weighted by atomic mass is 10.1. The summed E-state index contributed by atoms with van der Waals surface area (Å²) in [6.45, 7) is 2.01. The number of carbonyl (C=O) groups is 1. The lowest BCUT2D eigenvalue weighted by molar-refractivity contribution is 0.0697. The number of hydrogen-bond donors (Lipinski definition) is 2. The minimum absolute atomic E-state index is 0.254. The quantitative estimate of drug-likeness (QED) is 0.768. The van der Waals surface area contributed by atoms with E-state index in [1.807, 2.05) is 25.1 Å². The fourth-order valence-corrected chi connectivity index (χ4v) is 2.10. The summed E-state index contributed by atoms with van der Waals surface area (Å²) in [5.74, 6) is -0.239. The Kier molecular flexibility index (Phi) is 3.23. The number of rotatable bonds is 3. The Bertz CT molecular complexity index is 813. The van der Waals surface area contributed by atoms with Gasteiger partial charge in [0.2, 0.25) is 0 Å². The van der Waals surface area contributed by atoms with Gasteiger partial charge in [0.15, 0.2) is 0 Å².